The fraction of sp³-hybridized carbons (Fsp3) is 0.308. The maximum Gasteiger partial charge on any atom is 0.232 e. The van der Waals surface area contributed by atoms with Crippen molar-refractivity contribution in [1.29, 1.82) is 0 Å². The van der Waals surface area contributed by atoms with E-state index >= 15 is 0 Å². The van der Waals surface area contributed by atoms with E-state index in [2.05, 4.69) is 4.98 Å². The van der Waals surface area contributed by atoms with Crippen LogP contribution in [0.15, 0.2) is 43.0 Å². The fourth-order valence-corrected chi connectivity index (χ4v) is 3.25. The molecule has 106 valence electrons. The second-order valence-corrected chi connectivity index (χ2v) is 6.67. The van der Waals surface area contributed by atoms with Gasteiger partial charge < -0.3 is 9.30 Å². The van der Waals surface area contributed by atoms with Gasteiger partial charge >= 0.3 is 0 Å². The highest BCUT2D eigenvalue weighted by molar-refractivity contribution is 7.92. The number of ether oxygens (including phenoxy) is 1. The topological polar surface area (TPSA) is 64.4 Å². The van der Waals surface area contributed by atoms with Crippen LogP contribution >= 0.6 is 0 Å². The van der Waals surface area contributed by atoms with Gasteiger partial charge in [0.05, 0.1) is 31.4 Å². The molecule has 1 aromatic heterocycles. The van der Waals surface area contributed by atoms with E-state index in [1.165, 1.54) is 10.6 Å². The number of aromatic nitrogens is 2. The Kier molecular flexibility index (Phi) is 3.13. The number of nitrogens with zero attached hydrogens (tertiary/aromatic N) is 3. The zero-order valence-electron chi connectivity index (χ0n) is 11.0. The summed E-state index contributed by atoms with van der Waals surface area (Å²) in [5.41, 5.74) is 0.594. The molecule has 0 saturated carbocycles. The summed E-state index contributed by atoms with van der Waals surface area (Å²) < 4.78 is 33.0. The van der Waals surface area contributed by atoms with E-state index in [9.17, 15) is 8.42 Å². The van der Waals surface area contributed by atoms with Crippen molar-refractivity contribution in [2.24, 2.45) is 0 Å². The summed E-state index contributed by atoms with van der Waals surface area (Å²) in [4.78, 5) is 3.98. The van der Waals surface area contributed by atoms with E-state index in [1.54, 1.807) is 30.7 Å². The predicted molar refractivity (Wildman–Crippen MR) is 75.3 cm³/mol. The molecule has 0 spiro atoms. The maximum atomic E-state index is 11.9. The molecule has 7 heteroatoms. The number of anilines is 1. The van der Waals surface area contributed by atoms with Gasteiger partial charge in [0.25, 0.3) is 0 Å². The van der Waals surface area contributed by atoms with Gasteiger partial charge in [0.15, 0.2) is 0 Å². The number of hydrogen-bond donors (Lipinski definition) is 0. The normalized spacial score (nSPS) is 18.4. The number of benzene rings is 1. The van der Waals surface area contributed by atoms with Gasteiger partial charge in [-0.1, -0.05) is 12.1 Å². The van der Waals surface area contributed by atoms with Crippen molar-refractivity contribution in [2.75, 3.05) is 17.1 Å². The fourth-order valence-electron chi connectivity index (χ4n) is 2.30. The molecule has 0 amide bonds. The Morgan fingerprint density at radius 2 is 2.20 bits per heavy atom. The summed E-state index contributed by atoms with van der Waals surface area (Å²) in [7, 11) is -3.32. The summed E-state index contributed by atoms with van der Waals surface area (Å²) in [6.07, 6.45) is 6.17. The van der Waals surface area contributed by atoms with Crippen LogP contribution in [0.3, 0.4) is 0 Å². The van der Waals surface area contributed by atoms with Crippen LogP contribution in [0.25, 0.3) is 0 Å². The Balaban J connectivity index is 1.92. The van der Waals surface area contributed by atoms with E-state index in [0.29, 0.717) is 24.5 Å². The van der Waals surface area contributed by atoms with Crippen LogP contribution in [0.2, 0.25) is 0 Å². The monoisotopic (exact) mass is 293 g/mol. The first-order valence-electron chi connectivity index (χ1n) is 6.23. The van der Waals surface area contributed by atoms with Gasteiger partial charge in [0.1, 0.15) is 11.9 Å². The lowest BCUT2D eigenvalue weighted by atomic mass is 10.2. The van der Waals surface area contributed by atoms with Gasteiger partial charge in [-0.05, 0) is 12.1 Å². The van der Waals surface area contributed by atoms with E-state index in [0.717, 1.165) is 0 Å². The van der Waals surface area contributed by atoms with Crippen LogP contribution in [0.4, 0.5) is 5.69 Å². The van der Waals surface area contributed by atoms with Gasteiger partial charge in [-0.25, -0.2) is 13.4 Å². The molecule has 0 fully saturated rings. The number of sulfonamides is 1. The van der Waals surface area contributed by atoms with Crippen molar-refractivity contribution >= 4 is 15.7 Å². The molecule has 0 unspecified atom stereocenters. The van der Waals surface area contributed by atoms with Crippen LogP contribution < -0.4 is 9.04 Å². The quantitative estimate of drug-likeness (QED) is 0.850. The number of para-hydroxylation sites is 2. The lowest BCUT2D eigenvalue weighted by Crippen LogP contribution is -2.44. The summed E-state index contributed by atoms with van der Waals surface area (Å²) >= 11 is 0. The van der Waals surface area contributed by atoms with Crippen LogP contribution in [0, 0.1) is 0 Å². The van der Waals surface area contributed by atoms with Crippen LogP contribution in [-0.2, 0) is 16.6 Å². The second-order valence-electron chi connectivity index (χ2n) is 4.76. The molecule has 1 aliphatic heterocycles. The summed E-state index contributed by atoms with van der Waals surface area (Å²) in [5, 5.41) is 0. The molecule has 1 atom stereocenters. The Hall–Kier alpha value is -2.02. The van der Waals surface area contributed by atoms with Crippen molar-refractivity contribution in [2.45, 2.75) is 12.6 Å². The van der Waals surface area contributed by atoms with Gasteiger partial charge in [0.2, 0.25) is 10.0 Å². The summed E-state index contributed by atoms with van der Waals surface area (Å²) in [6.45, 7) is 0.856. The van der Waals surface area contributed by atoms with E-state index < -0.39 is 10.0 Å². The molecule has 0 radical (unpaired) electrons. The molecule has 20 heavy (non-hydrogen) atoms. The average molecular weight is 293 g/mol. The van der Waals surface area contributed by atoms with Crippen molar-refractivity contribution in [3.8, 4) is 5.75 Å². The molecule has 0 aliphatic carbocycles. The van der Waals surface area contributed by atoms with Crippen LogP contribution in [-0.4, -0.2) is 36.9 Å². The zero-order chi connectivity index (χ0) is 14.2. The molecule has 0 bridgehead atoms. The van der Waals surface area contributed by atoms with Gasteiger partial charge in [-0.15, -0.1) is 0 Å². The first-order chi connectivity index (χ1) is 9.54. The number of imidazole rings is 1. The van der Waals surface area contributed by atoms with Gasteiger partial charge in [0, 0.05) is 12.4 Å². The minimum absolute atomic E-state index is 0.242. The summed E-state index contributed by atoms with van der Waals surface area (Å²) in [6, 6.07) is 7.17. The van der Waals surface area contributed by atoms with Crippen molar-refractivity contribution in [3.63, 3.8) is 0 Å². The smallest absolute Gasteiger partial charge is 0.232 e. The average Bonchev–Trinajstić information content (AvgIpc) is 2.89. The second kappa shape index (κ2) is 4.82. The summed E-state index contributed by atoms with van der Waals surface area (Å²) in [5.74, 6) is 0.592. The lowest BCUT2D eigenvalue weighted by molar-refractivity contribution is 0.179. The Morgan fingerprint density at radius 3 is 2.90 bits per heavy atom. The van der Waals surface area contributed by atoms with Crippen LogP contribution in [0.5, 0.6) is 5.75 Å². The minimum Gasteiger partial charge on any atom is -0.484 e. The molecular weight excluding hydrogens is 278 g/mol. The molecular formula is C13H15N3O3S. The SMILES string of the molecule is CS(=O)(=O)N1C[C@H](Cn2ccnc2)Oc2ccccc21. The third-order valence-electron chi connectivity index (χ3n) is 3.17. The predicted octanol–water partition coefficient (Wildman–Crippen LogP) is 1.11. The highest BCUT2D eigenvalue weighted by Gasteiger charge is 2.30. The number of fused-ring (bicyclic) bond motifs is 1. The Bertz CT molecular complexity index is 697. The molecule has 2 aromatic rings. The molecule has 0 saturated heterocycles. The van der Waals surface area contributed by atoms with Crippen molar-refractivity contribution < 1.29 is 13.2 Å². The third-order valence-corrected chi connectivity index (χ3v) is 4.32. The third kappa shape index (κ3) is 2.49. The Morgan fingerprint density at radius 1 is 1.40 bits per heavy atom. The largest absolute Gasteiger partial charge is 0.484 e. The minimum atomic E-state index is -3.32. The zero-order valence-corrected chi connectivity index (χ0v) is 11.8. The highest BCUT2D eigenvalue weighted by atomic mass is 32.2. The number of rotatable bonds is 3. The molecule has 1 aliphatic rings. The molecule has 6 nitrogen and oxygen atoms in total. The van der Waals surface area contributed by atoms with Crippen molar-refractivity contribution in [3.05, 3.63) is 43.0 Å². The van der Waals surface area contributed by atoms with Crippen LogP contribution in [0.1, 0.15) is 0 Å². The molecule has 3 rings (SSSR count). The first kappa shape index (κ1) is 13.0. The standard InChI is InChI=1S/C13H15N3O3S/c1-20(17,18)16-9-11(8-15-7-6-14-10-15)19-13-5-3-2-4-12(13)16/h2-7,10-11H,8-9H2,1H3/t11-/m0/s1. The van der Waals surface area contributed by atoms with Gasteiger partial charge in [-0.3, -0.25) is 4.31 Å². The Labute approximate surface area is 117 Å². The lowest BCUT2D eigenvalue weighted by Gasteiger charge is -2.34. The van der Waals surface area contributed by atoms with E-state index in [4.69, 9.17) is 4.74 Å². The maximum absolute atomic E-state index is 11.9. The first-order valence-corrected chi connectivity index (χ1v) is 8.08. The molecule has 1 aromatic carbocycles. The number of hydrogen-bond acceptors (Lipinski definition) is 4. The molecule has 0 N–H and O–H groups in total. The molecule has 2 heterocycles. The van der Waals surface area contributed by atoms with E-state index in [-0.39, 0.29) is 6.10 Å². The van der Waals surface area contributed by atoms with Crippen molar-refractivity contribution in [1.82, 2.24) is 9.55 Å². The highest BCUT2D eigenvalue weighted by Crippen LogP contribution is 2.34. The van der Waals surface area contributed by atoms with Gasteiger partial charge in [-0.2, -0.15) is 0 Å². The van der Waals surface area contributed by atoms with E-state index in [1.807, 2.05) is 16.8 Å².